The molecule has 0 unspecified atom stereocenters. The van der Waals surface area contributed by atoms with Gasteiger partial charge in [-0.05, 0) is 5.18 Å². The van der Waals surface area contributed by atoms with Crippen LogP contribution in [-0.2, 0) is 4.74 Å². The highest BCUT2D eigenvalue weighted by Gasteiger charge is 2.44. The number of aliphatic hydroxyl groups excluding tert-OH is 3. The molecule has 9 heteroatoms. The predicted molar refractivity (Wildman–Crippen MR) is 66.1 cm³/mol. The first-order valence-electron chi connectivity index (χ1n) is 5.95. The Bertz CT molecular complexity index is 645. The lowest BCUT2D eigenvalue weighted by Crippen LogP contribution is -2.32. The van der Waals surface area contributed by atoms with Gasteiger partial charge in [0.2, 0.25) is 5.82 Å². The molecular formula is C11H12N4O5. The van der Waals surface area contributed by atoms with E-state index in [4.69, 9.17) is 9.84 Å². The molecule has 3 rings (SSSR count). The highest BCUT2D eigenvalue weighted by Crippen LogP contribution is 2.37. The minimum Gasteiger partial charge on any atom is -0.394 e. The van der Waals surface area contributed by atoms with Crippen LogP contribution in [0.25, 0.3) is 11.0 Å². The van der Waals surface area contributed by atoms with Gasteiger partial charge in [-0.15, -0.1) is 4.91 Å². The van der Waals surface area contributed by atoms with Crippen molar-refractivity contribution in [2.45, 2.75) is 24.4 Å². The fourth-order valence-corrected chi connectivity index (χ4v) is 2.39. The van der Waals surface area contributed by atoms with Crippen molar-refractivity contribution in [3.8, 4) is 0 Å². The second-order valence-corrected chi connectivity index (χ2v) is 4.52. The smallest absolute Gasteiger partial charge is 0.223 e. The highest BCUT2D eigenvalue weighted by molar-refractivity contribution is 5.87. The Hall–Kier alpha value is -1.94. The summed E-state index contributed by atoms with van der Waals surface area (Å²) in [6.07, 6.45) is -1.43. The van der Waals surface area contributed by atoms with Crippen molar-refractivity contribution in [1.82, 2.24) is 15.0 Å². The standard InChI is InChI=1S/C11H12N4O5/c16-2-5-8(17)9(18)10(20-5)4-1-12-7-6(4)13-3-14-11(7)15-19/h1,3,5,8-10,12,16-18H,2H2/t5-,8-,9-,10+/m1/s1. The number of fused-ring (bicyclic) bond motifs is 1. The second kappa shape index (κ2) is 4.87. The minimum atomic E-state index is -1.20. The Morgan fingerprint density at radius 1 is 1.35 bits per heavy atom. The first-order chi connectivity index (χ1) is 9.67. The van der Waals surface area contributed by atoms with Crippen molar-refractivity contribution in [3.63, 3.8) is 0 Å². The zero-order chi connectivity index (χ0) is 14.3. The van der Waals surface area contributed by atoms with Crippen LogP contribution < -0.4 is 0 Å². The van der Waals surface area contributed by atoms with E-state index in [-0.39, 0.29) is 5.82 Å². The van der Waals surface area contributed by atoms with Gasteiger partial charge in [-0.2, -0.15) is 0 Å². The van der Waals surface area contributed by atoms with E-state index in [1.807, 2.05) is 0 Å². The lowest BCUT2D eigenvalue weighted by Gasteiger charge is -2.13. The molecule has 3 heterocycles. The van der Waals surface area contributed by atoms with Crippen molar-refractivity contribution < 1.29 is 20.1 Å². The number of aromatic nitrogens is 3. The third kappa shape index (κ3) is 1.79. The Morgan fingerprint density at radius 3 is 2.80 bits per heavy atom. The van der Waals surface area contributed by atoms with Crippen LogP contribution in [0.3, 0.4) is 0 Å². The zero-order valence-corrected chi connectivity index (χ0v) is 10.2. The summed E-state index contributed by atoms with van der Waals surface area (Å²) in [5.41, 5.74) is 1.18. The third-order valence-corrected chi connectivity index (χ3v) is 3.41. The van der Waals surface area contributed by atoms with Crippen LogP contribution in [0.1, 0.15) is 11.7 Å². The SMILES string of the molecule is O=Nc1ncnc2c([C@@H]3O[C@H](CO)[C@@H](O)[C@H]3O)c[nH]c12. The number of nitrogens with one attached hydrogen (secondary N) is 1. The van der Waals surface area contributed by atoms with E-state index in [2.05, 4.69) is 20.1 Å². The largest absolute Gasteiger partial charge is 0.394 e. The maximum atomic E-state index is 10.7. The summed E-state index contributed by atoms with van der Waals surface area (Å²) in [4.78, 5) is 21.2. The van der Waals surface area contributed by atoms with E-state index in [1.165, 1.54) is 12.5 Å². The van der Waals surface area contributed by atoms with Crippen LogP contribution in [0.4, 0.5) is 5.82 Å². The van der Waals surface area contributed by atoms with Gasteiger partial charge < -0.3 is 25.0 Å². The number of rotatable bonds is 3. The van der Waals surface area contributed by atoms with Gasteiger partial charge in [0.15, 0.2) is 0 Å². The number of H-pyrrole nitrogens is 1. The van der Waals surface area contributed by atoms with Gasteiger partial charge in [0.25, 0.3) is 0 Å². The number of hydrogen-bond donors (Lipinski definition) is 4. The van der Waals surface area contributed by atoms with Crippen LogP contribution in [-0.4, -0.2) is 55.2 Å². The lowest BCUT2D eigenvalue weighted by molar-refractivity contribution is -0.0224. The summed E-state index contributed by atoms with van der Waals surface area (Å²) in [5.74, 6) is -0.0482. The minimum absolute atomic E-state index is 0.0482. The summed E-state index contributed by atoms with van der Waals surface area (Å²) in [6, 6.07) is 0. The number of nitroso groups, excluding NO2 is 1. The third-order valence-electron chi connectivity index (χ3n) is 3.41. The van der Waals surface area contributed by atoms with Gasteiger partial charge in [0.1, 0.15) is 36.3 Å². The predicted octanol–water partition coefficient (Wildman–Crippen LogP) is -0.490. The normalized spacial score (nSPS) is 29.9. The fraction of sp³-hybridized carbons (Fsp3) is 0.455. The molecule has 1 fully saturated rings. The number of aliphatic hydroxyl groups is 3. The highest BCUT2D eigenvalue weighted by atomic mass is 16.6. The molecule has 0 bridgehead atoms. The molecule has 4 N–H and O–H groups in total. The Kier molecular flexibility index (Phi) is 3.18. The summed E-state index contributed by atoms with van der Waals surface area (Å²) in [7, 11) is 0. The summed E-state index contributed by atoms with van der Waals surface area (Å²) < 4.78 is 5.42. The van der Waals surface area contributed by atoms with Crippen molar-refractivity contribution >= 4 is 16.9 Å². The molecule has 0 spiro atoms. The van der Waals surface area contributed by atoms with Gasteiger partial charge in [-0.1, -0.05) is 0 Å². The molecule has 1 aliphatic rings. The molecule has 2 aromatic rings. The van der Waals surface area contributed by atoms with Crippen molar-refractivity contribution in [3.05, 3.63) is 23.0 Å². The maximum absolute atomic E-state index is 10.7. The topological polar surface area (TPSA) is 141 Å². The Morgan fingerprint density at radius 2 is 2.15 bits per heavy atom. The van der Waals surface area contributed by atoms with E-state index >= 15 is 0 Å². The van der Waals surface area contributed by atoms with Gasteiger partial charge in [0, 0.05) is 11.8 Å². The first-order valence-corrected chi connectivity index (χ1v) is 5.95. The van der Waals surface area contributed by atoms with E-state index in [9.17, 15) is 15.1 Å². The van der Waals surface area contributed by atoms with E-state index < -0.39 is 31.0 Å². The van der Waals surface area contributed by atoms with Crippen LogP contribution >= 0.6 is 0 Å². The average Bonchev–Trinajstić information content (AvgIpc) is 3.01. The average molecular weight is 280 g/mol. The molecular weight excluding hydrogens is 268 g/mol. The molecule has 1 saturated heterocycles. The molecule has 1 aliphatic heterocycles. The second-order valence-electron chi connectivity index (χ2n) is 4.52. The van der Waals surface area contributed by atoms with Crippen LogP contribution in [0.15, 0.2) is 17.7 Å². The van der Waals surface area contributed by atoms with Crippen LogP contribution in [0.2, 0.25) is 0 Å². The number of nitrogens with zero attached hydrogens (tertiary/aromatic N) is 3. The van der Waals surface area contributed by atoms with Gasteiger partial charge in [0.05, 0.1) is 12.1 Å². The Labute approximate surface area is 112 Å². The lowest BCUT2D eigenvalue weighted by atomic mass is 10.0. The number of ether oxygens (including phenoxy) is 1. The maximum Gasteiger partial charge on any atom is 0.223 e. The van der Waals surface area contributed by atoms with Crippen molar-refractivity contribution in [2.75, 3.05) is 6.61 Å². The molecule has 0 saturated carbocycles. The Balaban J connectivity index is 2.05. The van der Waals surface area contributed by atoms with Gasteiger partial charge >= 0.3 is 0 Å². The molecule has 0 radical (unpaired) electrons. The van der Waals surface area contributed by atoms with Gasteiger partial charge in [-0.25, -0.2) is 9.97 Å². The van der Waals surface area contributed by atoms with Crippen LogP contribution in [0.5, 0.6) is 0 Å². The van der Waals surface area contributed by atoms with Crippen molar-refractivity contribution in [2.24, 2.45) is 5.18 Å². The van der Waals surface area contributed by atoms with Gasteiger partial charge in [-0.3, -0.25) is 0 Å². The van der Waals surface area contributed by atoms with Crippen LogP contribution in [0, 0.1) is 4.91 Å². The van der Waals surface area contributed by atoms with E-state index in [0.717, 1.165) is 0 Å². The zero-order valence-electron chi connectivity index (χ0n) is 10.2. The summed E-state index contributed by atoms with van der Waals surface area (Å²) in [5, 5.41) is 31.6. The molecule has 9 nitrogen and oxygen atoms in total. The molecule has 0 amide bonds. The first kappa shape index (κ1) is 13.1. The molecule has 2 aromatic heterocycles. The summed E-state index contributed by atoms with van der Waals surface area (Å²) >= 11 is 0. The number of hydrogen-bond acceptors (Lipinski definition) is 8. The quantitative estimate of drug-likeness (QED) is 0.556. The molecule has 20 heavy (non-hydrogen) atoms. The molecule has 0 aliphatic carbocycles. The molecule has 106 valence electrons. The van der Waals surface area contributed by atoms with E-state index in [1.54, 1.807) is 0 Å². The molecule has 0 aromatic carbocycles. The summed E-state index contributed by atoms with van der Waals surface area (Å²) in [6.45, 7) is -0.410. The van der Waals surface area contributed by atoms with Crippen molar-refractivity contribution in [1.29, 1.82) is 0 Å². The number of aromatic amines is 1. The fourth-order valence-electron chi connectivity index (χ4n) is 2.39. The monoisotopic (exact) mass is 280 g/mol. The van der Waals surface area contributed by atoms with E-state index in [0.29, 0.717) is 16.6 Å². The molecule has 4 atom stereocenters.